The van der Waals surface area contributed by atoms with E-state index in [1.807, 2.05) is 0 Å². The molecular weight excluding hydrogens is 329 g/mol. The summed E-state index contributed by atoms with van der Waals surface area (Å²) in [6.07, 6.45) is -1.31. The Morgan fingerprint density at radius 1 is 1.13 bits per heavy atom. The van der Waals surface area contributed by atoms with E-state index in [1.165, 1.54) is 12.1 Å². The van der Waals surface area contributed by atoms with Crippen molar-refractivity contribution in [2.24, 2.45) is 0 Å². The van der Waals surface area contributed by atoms with Crippen LogP contribution in [0.15, 0.2) is 24.3 Å². The fourth-order valence-electron chi connectivity index (χ4n) is 1.96. The van der Waals surface area contributed by atoms with E-state index in [-0.39, 0.29) is 17.7 Å². The molecule has 2 atom stereocenters. The molecule has 23 heavy (non-hydrogen) atoms. The van der Waals surface area contributed by atoms with Crippen molar-refractivity contribution < 1.29 is 38.3 Å². The lowest BCUT2D eigenvalue weighted by Crippen LogP contribution is -2.32. The number of amides is 2. The number of fused-ring (bicyclic) bond motifs is 1. The predicted molar refractivity (Wildman–Crippen MR) is 76.6 cm³/mol. The molecule has 0 aromatic heterocycles. The number of imide groups is 1. The highest BCUT2D eigenvalue weighted by Crippen LogP contribution is 2.43. The second-order valence-electron chi connectivity index (χ2n) is 4.74. The maximum absolute atomic E-state index is 12.0. The van der Waals surface area contributed by atoms with Crippen molar-refractivity contribution in [1.82, 2.24) is 4.90 Å². The number of benzene rings is 1. The molecule has 2 rings (SSSR count). The summed E-state index contributed by atoms with van der Waals surface area (Å²) >= 11 is 0. The molecule has 3 N–H and O–H groups in total. The Morgan fingerprint density at radius 3 is 2.22 bits per heavy atom. The van der Waals surface area contributed by atoms with Crippen LogP contribution >= 0.6 is 7.82 Å². The van der Waals surface area contributed by atoms with Crippen molar-refractivity contribution in [2.45, 2.75) is 6.10 Å². The largest absolute Gasteiger partial charge is 0.472 e. The van der Waals surface area contributed by atoms with E-state index in [1.54, 1.807) is 12.1 Å². The minimum absolute atomic E-state index is 0.219. The zero-order valence-electron chi connectivity index (χ0n) is 12.0. The minimum atomic E-state index is -4.45. The number of hydrogen-bond acceptors (Lipinski definition) is 7. The zero-order valence-corrected chi connectivity index (χ0v) is 12.9. The van der Waals surface area contributed by atoms with Crippen LogP contribution in [0.4, 0.5) is 0 Å². The first-order chi connectivity index (χ1) is 10.9. The summed E-state index contributed by atoms with van der Waals surface area (Å²) in [4.78, 5) is 34.4. The first kappa shape index (κ1) is 17.7. The van der Waals surface area contributed by atoms with Gasteiger partial charge < -0.3 is 15.1 Å². The van der Waals surface area contributed by atoms with E-state index in [9.17, 15) is 19.0 Å². The number of aliphatic hydroxyl groups is 2. The molecule has 10 heteroatoms. The van der Waals surface area contributed by atoms with Crippen molar-refractivity contribution in [2.75, 3.05) is 26.4 Å². The number of phosphoric ester groups is 1. The number of hydrogen-bond donors (Lipinski definition) is 3. The lowest BCUT2D eigenvalue weighted by Gasteiger charge is -2.17. The number of nitrogens with zero attached hydrogens (tertiary/aromatic N) is 1. The van der Waals surface area contributed by atoms with Crippen LogP contribution in [0.2, 0.25) is 0 Å². The number of carbonyl (C=O) groups excluding carboxylic acids is 2. The lowest BCUT2D eigenvalue weighted by molar-refractivity contribution is 0.0343. The van der Waals surface area contributed by atoms with Gasteiger partial charge in [0, 0.05) is 0 Å². The number of rotatable bonds is 8. The first-order valence-electron chi connectivity index (χ1n) is 6.72. The fraction of sp³-hybridized carbons (Fsp3) is 0.385. The van der Waals surface area contributed by atoms with E-state index >= 15 is 0 Å². The molecular formula is C13H16NO8P. The van der Waals surface area contributed by atoms with Gasteiger partial charge in [0.25, 0.3) is 11.8 Å². The van der Waals surface area contributed by atoms with E-state index in [2.05, 4.69) is 9.05 Å². The van der Waals surface area contributed by atoms with E-state index in [0.717, 1.165) is 4.90 Å². The van der Waals surface area contributed by atoms with Gasteiger partial charge in [0.1, 0.15) is 6.10 Å². The maximum Gasteiger partial charge on any atom is 0.472 e. The van der Waals surface area contributed by atoms with Crippen LogP contribution < -0.4 is 0 Å². The van der Waals surface area contributed by atoms with Crippen LogP contribution in [0.5, 0.6) is 0 Å². The van der Waals surface area contributed by atoms with Crippen molar-refractivity contribution in [3.05, 3.63) is 35.4 Å². The summed E-state index contributed by atoms with van der Waals surface area (Å²) < 4.78 is 20.6. The molecule has 1 aromatic carbocycles. The third-order valence-electron chi connectivity index (χ3n) is 3.09. The monoisotopic (exact) mass is 345 g/mol. The van der Waals surface area contributed by atoms with E-state index in [0.29, 0.717) is 0 Å². The van der Waals surface area contributed by atoms with Gasteiger partial charge in [-0.05, 0) is 12.1 Å². The molecule has 0 saturated carbocycles. The molecule has 9 nitrogen and oxygen atoms in total. The van der Waals surface area contributed by atoms with Crippen molar-refractivity contribution in [3.63, 3.8) is 0 Å². The molecule has 0 bridgehead atoms. The van der Waals surface area contributed by atoms with Crippen LogP contribution in [0.3, 0.4) is 0 Å². The van der Waals surface area contributed by atoms with Gasteiger partial charge >= 0.3 is 7.82 Å². The number of aliphatic hydroxyl groups excluding tert-OH is 2. The Morgan fingerprint density at radius 2 is 1.70 bits per heavy atom. The molecule has 126 valence electrons. The van der Waals surface area contributed by atoms with Crippen LogP contribution in [0.1, 0.15) is 20.7 Å². The summed E-state index contributed by atoms with van der Waals surface area (Å²) in [6, 6.07) is 6.30. The predicted octanol–water partition coefficient (Wildman–Crippen LogP) is -0.231. The van der Waals surface area contributed by atoms with Gasteiger partial charge in [-0.15, -0.1) is 0 Å². The maximum atomic E-state index is 12.0. The summed E-state index contributed by atoms with van der Waals surface area (Å²) in [6.45, 7) is -1.84. The second-order valence-corrected chi connectivity index (χ2v) is 6.19. The zero-order chi connectivity index (χ0) is 17.0. The Labute approximate surface area is 131 Å². The highest BCUT2D eigenvalue weighted by molar-refractivity contribution is 7.47. The SMILES string of the molecule is O=C1c2ccccc2C(=O)N1CCOP(=O)(O)OC[C@H](O)CO. The van der Waals surface area contributed by atoms with Gasteiger partial charge in [-0.2, -0.15) is 0 Å². The Hall–Kier alpha value is -1.61. The summed E-state index contributed by atoms with van der Waals surface area (Å²) in [5, 5.41) is 17.6. The lowest BCUT2D eigenvalue weighted by atomic mass is 10.1. The van der Waals surface area contributed by atoms with Gasteiger partial charge in [0.2, 0.25) is 0 Å². The molecule has 0 spiro atoms. The molecule has 1 aliphatic rings. The molecule has 0 saturated heterocycles. The normalized spacial score (nSPS) is 18.0. The fourth-order valence-corrected chi connectivity index (χ4v) is 2.71. The summed E-state index contributed by atoms with van der Waals surface area (Å²) in [5.74, 6) is -1.00. The third kappa shape index (κ3) is 4.23. The Bertz CT molecular complexity index is 614. The standard InChI is InChI=1S/C13H16NO8P/c15-7-9(16)8-22-23(19,20)21-6-5-14-12(17)10-3-1-2-4-11(10)13(14)18/h1-4,9,15-16H,5-8H2,(H,19,20)/t9-/m1/s1. The van der Waals surface area contributed by atoms with Crippen LogP contribution in [0.25, 0.3) is 0 Å². The van der Waals surface area contributed by atoms with Gasteiger partial charge in [-0.3, -0.25) is 23.5 Å². The van der Waals surface area contributed by atoms with Crippen molar-refractivity contribution in [1.29, 1.82) is 0 Å². The molecule has 2 amide bonds. The number of carbonyl (C=O) groups is 2. The van der Waals surface area contributed by atoms with E-state index in [4.69, 9.17) is 10.2 Å². The molecule has 0 radical (unpaired) electrons. The van der Waals surface area contributed by atoms with Crippen LogP contribution in [-0.2, 0) is 13.6 Å². The van der Waals surface area contributed by atoms with Crippen molar-refractivity contribution in [3.8, 4) is 0 Å². The van der Waals surface area contributed by atoms with Crippen LogP contribution in [-0.4, -0.2) is 64.3 Å². The Kier molecular flexibility index (Phi) is 5.64. The smallest absolute Gasteiger partial charge is 0.394 e. The topological polar surface area (TPSA) is 134 Å². The first-order valence-corrected chi connectivity index (χ1v) is 8.21. The quantitative estimate of drug-likeness (QED) is 0.434. The molecule has 1 aliphatic heterocycles. The van der Waals surface area contributed by atoms with Gasteiger partial charge in [-0.1, -0.05) is 12.1 Å². The van der Waals surface area contributed by atoms with Crippen LogP contribution in [0, 0.1) is 0 Å². The summed E-state index contributed by atoms with van der Waals surface area (Å²) in [7, 11) is -4.45. The molecule has 1 unspecified atom stereocenters. The highest BCUT2D eigenvalue weighted by atomic mass is 31.2. The van der Waals surface area contributed by atoms with Crippen molar-refractivity contribution >= 4 is 19.6 Å². The highest BCUT2D eigenvalue weighted by Gasteiger charge is 2.35. The average Bonchev–Trinajstić information content (AvgIpc) is 2.78. The summed E-state index contributed by atoms with van der Waals surface area (Å²) in [5.41, 5.74) is 0.541. The minimum Gasteiger partial charge on any atom is -0.394 e. The van der Waals surface area contributed by atoms with Gasteiger partial charge in [0.05, 0.1) is 37.5 Å². The van der Waals surface area contributed by atoms with E-state index < -0.39 is 45.6 Å². The molecule has 0 fully saturated rings. The van der Waals surface area contributed by atoms with Gasteiger partial charge in [-0.25, -0.2) is 4.57 Å². The third-order valence-corrected chi connectivity index (χ3v) is 4.07. The molecule has 0 aliphatic carbocycles. The van der Waals surface area contributed by atoms with Gasteiger partial charge in [0.15, 0.2) is 0 Å². The molecule has 1 heterocycles. The average molecular weight is 345 g/mol. The number of phosphoric acid groups is 1. The Balaban J connectivity index is 1.87. The second kappa shape index (κ2) is 7.31. The molecule has 1 aromatic rings.